The van der Waals surface area contributed by atoms with Crippen LogP contribution in [0.4, 0.5) is 0 Å². The Morgan fingerprint density at radius 1 is 1.50 bits per heavy atom. The highest BCUT2D eigenvalue weighted by atomic mass is 14.9. The zero-order valence-electron chi connectivity index (χ0n) is 8.61. The fourth-order valence-corrected chi connectivity index (χ4v) is 1.31. The molecule has 1 rings (SSSR count). The molecule has 1 atom stereocenters. The highest BCUT2D eigenvalue weighted by Crippen LogP contribution is 2.14. The van der Waals surface area contributed by atoms with Crippen molar-refractivity contribution in [2.75, 3.05) is 6.54 Å². The summed E-state index contributed by atoms with van der Waals surface area (Å²) in [6.45, 7) is 6.91. The second-order valence-corrected chi connectivity index (χ2v) is 3.20. The van der Waals surface area contributed by atoms with E-state index in [-0.39, 0.29) is 0 Å². The van der Waals surface area contributed by atoms with E-state index in [9.17, 15) is 0 Å². The average molecular weight is 191 g/mol. The number of nitrogens with zero attached hydrogens (tertiary/aromatic N) is 2. The largest absolute Gasteiger partial charge is 0.310 e. The molecule has 0 bridgehead atoms. The van der Waals surface area contributed by atoms with Gasteiger partial charge in [-0.05, 0) is 19.4 Å². The van der Waals surface area contributed by atoms with Gasteiger partial charge < -0.3 is 5.32 Å². The first kappa shape index (κ1) is 10.9. The predicted molar refractivity (Wildman–Crippen MR) is 57.9 cm³/mol. The first-order chi connectivity index (χ1) is 6.88. The smallest absolute Gasteiger partial charge is 0.115 e. The van der Waals surface area contributed by atoms with Crippen LogP contribution < -0.4 is 5.32 Å². The van der Waals surface area contributed by atoms with Crippen LogP contribution in [0.5, 0.6) is 0 Å². The zero-order chi connectivity index (χ0) is 10.2. The van der Waals surface area contributed by atoms with Gasteiger partial charge in [-0.1, -0.05) is 13.0 Å². The number of hydrogen-bond acceptors (Lipinski definition) is 3. The van der Waals surface area contributed by atoms with E-state index in [0.29, 0.717) is 6.04 Å². The minimum absolute atomic E-state index is 0.300. The lowest BCUT2D eigenvalue weighted by Crippen LogP contribution is -2.21. The van der Waals surface area contributed by atoms with Crippen LogP contribution in [0.1, 0.15) is 31.4 Å². The van der Waals surface area contributed by atoms with E-state index >= 15 is 0 Å². The molecule has 0 aliphatic carbocycles. The monoisotopic (exact) mass is 191 g/mol. The van der Waals surface area contributed by atoms with Crippen molar-refractivity contribution in [2.45, 2.75) is 25.8 Å². The van der Waals surface area contributed by atoms with E-state index in [1.807, 2.05) is 18.5 Å². The quantitative estimate of drug-likeness (QED) is 0.700. The zero-order valence-corrected chi connectivity index (χ0v) is 8.61. The van der Waals surface area contributed by atoms with Crippen molar-refractivity contribution >= 4 is 0 Å². The summed E-state index contributed by atoms with van der Waals surface area (Å²) in [5, 5.41) is 3.44. The van der Waals surface area contributed by atoms with Crippen LogP contribution >= 0.6 is 0 Å². The Hall–Kier alpha value is -1.22. The maximum Gasteiger partial charge on any atom is 0.115 e. The maximum atomic E-state index is 4.01. The third kappa shape index (κ3) is 3.26. The van der Waals surface area contributed by atoms with Gasteiger partial charge in [0.15, 0.2) is 0 Å². The van der Waals surface area contributed by atoms with Crippen LogP contribution in [-0.2, 0) is 0 Å². The first-order valence-electron chi connectivity index (χ1n) is 4.97. The van der Waals surface area contributed by atoms with Crippen molar-refractivity contribution in [1.82, 2.24) is 15.3 Å². The molecule has 1 N–H and O–H groups in total. The van der Waals surface area contributed by atoms with Gasteiger partial charge >= 0.3 is 0 Å². The van der Waals surface area contributed by atoms with Gasteiger partial charge in [0.1, 0.15) is 6.33 Å². The van der Waals surface area contributed by atoms with Gasteiger partial charge in [-0.2, -0.15) is 0 Å². The number of rotatable bonds is 6. The molecule has 0 saturated heterocycles. The molecule has 0 aliphatic rings. The third-order valence-electron chi connectivity index (χ3n) is 2.03. The molecule has 76 valence electrons. The Morgan fingerprint density at radius 2 is 2.21 bits per heavy atom. The summed E-state index contributed by atoms with van der Waals surface area (Å²) < 4.78 is 0. The Labute approximate surface area is 85.3 Å². The minimum Gasteiger partial charge on any atom is -0.310 e. The normalized spacial score (nSPS) is 12.4. The molecular weight excluding hydrogens is 174 g/mol. The molecule has 1 aromatic heterocycles. The highest BCUT2D eigenvalue weighted by Gasteiger charge is 2.08. The standard InChI is InChI=1S/C11H17N3/c1-3-5-11(14-6-4-2)10-7-12-9-13-8-10/h3,7-9,11,14H,1,4-6H2,2H3. The van der Waals surface area contributed by atoms with Gasteiger partial charge in [-0.3, -0.25) is 0 Å². The van der Waals surface area contributed by atoms with Crippen LogP contribution in [0.25, 0.3) is 0 Å². The second kappa shape index (κ2) is 6.27. The summed E-state index contributed by atoms with van der Waals surface area (Å²) in [6, 6.07) is 0.300. The lowest BCUT2D eigenvalue weighted by Gasteiger charge is -2.15. The molecule has 0 amide bonds. The van der Waals surface area contributed by atoms with E-state index in [4.69, 9.17) is 0 Å². The topological polar surface area (TPSA) is 37.8 Å². The lowest BCUT2D eigenvalue weighted by molar-refractivity contribution is 0.534. The number of nitrogens with one attached hydrogen (secondary N) is 1. The predicted octanol–water partition coefficient (Wildman–Crippen LogP) is 2.09. The molecule has 0 radical (unpaired) electrons. The van der Waals surface area contributed by atoms with Crippen LogP contribution in [0.15, 0.2) is 31.4 Å². The molecule has 0 aliphatic heterocycles. The van der Waals surface area contributed by atoms with Gasteiger partial charge in [0, 0.05) is 24.0 Å². The van der Waals surface area contributed by atoms with Crippen molar-refractivity contribution in [1.29, 1.82) is 0 Å². The highest BCUT2D eigenvalue weighted by molar-refractivity contribution is 5.10. The van der Waals surface area contributed by atoms with Crippen molar-refractivity contribution in [3.05, 3.63) is 36.9 Å². The molecule has 3 nitrogen and oxygen atoms in total. The van der Waals surface area contributed by atoms with Crippen LogP contribution in [0.2, 0.25) is 0 Å². The maximum absolute atomic E-state index is 4.01. The molecule has 0 fully saturated rings. The van der Waals surface area contributed by atoms with Crippen LogP contribution in [0, 0.1) is 0 Å². The fraction of sp³-hybridized carbons (Fsp3) is 0.455. The molecule has 0 spiro atoms. The molecular formula is C11H17N3. The van der Waals surface area contributed by atoms with E-state index in [1.165, 1.54) is 0 Å². The van der Waals surface area contributed by atoms with Crippen molar-refractivity contribution in [3.63, 3.8) is 0 Å². The van der Waals surface area contributed by atoms with Crippen molar-refractivity contribution in [2.24, 2.45) is 0 Å². The van der Waals surface area contributed by atoms with Crippen LogP contribution in [0.3, 0.4) is 0 Å². The van der Waals surface area contributed by atoms with E-state index in [0.717, 1.165) is 24.9 Å². The van der Waals surface area contributed by atoms with Gasteiger partial charge in [-0.15, -0.1) is 6.58 Å². The average Bonchev–Trinajstić information content (AvgIpc) is 2.25. The Bertz CT molecular complexity index is 258. The SMILES string of the molecule is C=CCC(NCCC)c1cncnc1. The third-order valence-corrected chi connectivity index (χ3v) is 2.03. The summed E-state index contributed by atoms with van der Waals surface area (Å²) >= 11 is 0. The summed E-state index contributed by atoms with van der Waals surface area (Å²) in [6.07, 6.45) is 9.21. The molecule has 0 aromatic carbocycles. The van der Waals surface area contributed by atoms with E-state index in [2.05, 4.69) is 28.8 Å². The summed E-state index contributed by atoms with van der Waals surface area (Å²) in [4.78, 5) is 8.02. The van der Waals surface area contributed by atoms with Gasteiger partial charge in [0.2, 0.25) is 0 Å². The molecule has 1 unspecified atom stereocenters. The Balaban J connectivity index is 2.62. The molecule has 0 saturated carbocycles. The Kier molecular flexibility index (Phi) is 4.86. The van der Waals surface area contributed by atoms with Gasteiger partial charge in [0.25, 0.3) is 0 Å². The second-order valence-electron chi connectivity index (χ2n) is 3.20. The number of hydrogen-bond donors (Lipinski definition) is 1. The van der Waals surface area contributed by atoms with E-state index < -0.39 is 0 Å². The molecule has 14 heavy (non-hydrogen) atoms. The molecule has 1 aromatic rings. The van der Waals surface area contributed by atoms with Crippen LogP contribution in [-0.4, -0.2) is 16.5 Å². The summed E-state index contributed by atoms with van der Waals surface area (Å²) in [5.74, 6) is 0. The number of aromatic nitrogens is 2. The minimum atomic E-state index is 0.300. The summed E-state index contributed by atoms with van der Waals surface area (Å²) in [7, 11) is 0. The summed E-state index contributed by atoms with van der Waals surface area (Å²) in [5.41, 5.74) is 1.13. The molecule has 1 heterocycles. The fourth-order valence-electron chi connectivity index (χ4n) is 1.31. The lowest BCUT2D eigenvalue weighted by atomic mass is 10.1. The van der Waals surface area contributed by atoms with Crippen molar-refractivity contribution in [3.8, 4) is 0 Å². The first-order valence-corrected chi connectivity index (χ1v) is 4.97. The Morgan fingerprint density at radius 3 is 2.79 bits per heavy atom. The molecule has 3 heteroatoms. The van der Waals surface area contributed by atoms with Gasteiger partial charge in [-0.25, -0.2) is 9.97 Å². The van der Waals surface area contributed by atoms with E-state index in [1.54, 1.807) is 6.33 Å². The van der Waals surface area contributed by atoms with Gasteiger partial charge in [0.05, 0.1) is 0 Å². The van der Waals surface area contributed by atoms with Crippen molar-refractivity contribution < 1.29 is 0 Å².